The molecule has 1 atom stereocenters. The van der Waals surface area contributed by atoms with E-state index < -0.39 is 17.8 Å². The first-order chi connectivity index (χ1) is 11.9. The Morgan fingerprint density at radius 3 is 2.68 bits per heavy atom. The maximum absolute atomic E-state index is 12.9. The predicted molar refractivity (Wildman–Crippen MR) is 86.7 cm³/mol. The Labute approximate surface area is 141 Å². The maximum atomic E-state index is 12.9. The molecule has 0 radical (unpaired) electrons. The van der Waals surface area contributed by atoms with Gasteiger partial charge in [0.05, 0.1) is 29.9 Å². The number of hydrogen-bond acceptors (Lipinski definition) is 3. The number of pyridine rings is 1. The van der Waals surface area contributed by atoms with E-state index in [1.807, 2.05) is 0 Å². The first-order valence-corrected chi connectivity index (χ1v) is 8.09. The van der Waals surface area contributed by atoms with E-state index in [0.717, 1.165) is 25.0 Å². The molecule has 1 aliphatic carbocycles. The Morgan fingerprint density at radius 1 is 1.16 bits per heavy atom. The fourth-order valence-electron chi connectivity index (χ4n) is 2.94. The highest BCUT2D eigenvalue weighted by atomic mass is 19.4. The van der Waals surface area contributed by atoms with Crippen LogP contribution in [-0.2, 0) is 12.7 Å². The molecule has 0 spiro atoms. The largest absolute Gasteiger partial charge is 0.416 e. The minimum Gasteiger partial charge on any atom is -0.391 e. The zero-order valence-electron chi connectivity index (χ0n) is 13.2. The van der Waals surface area contributed by atoms with Crippen LogP contribution in [0.5, 0.6) is 0 Å². The molecule has 1 aliphatic rings. The molecule has 1 N–H and O–H groups in total. The number of rotatable bonds is 4. The minimum absolute atomic E-state index is 0.318. The summed E-state index contributed by atoms with van der Waals surface area (Å²) < 4.78 is 40.4. The summed E-state index contributed by atoms with van der Waals surface area (Å²) in [7, 11) is 0. The van der Waals surface area contributed by atoms with Gasteiger partial charge in [-0.25, -0.2) is 0 Å². The third kappa shape index (κ3) is 3.24. The molecule has 1 saturated carbocycles. The van der Waals surface area contributed by atoms with Gasteiger partial charge in [-0.05, 0) is 42.5 Å². The van der Waals surface area contributed by atoms with Gasteiger partial charge in [0.15, 0.2) is 0 Å². The zero-order chi connectivity index (χ0) is 17.6. The highest BCUT2D eigenvalue weighted by molar-refractivity contribution is 5.80. The lowest BCUT2D eigenvalue weighted by atomic mass is 10.0. The summed E-state index contributed by atoms with van der Waals surface area (Å²) in [5, 5.41) is 14.4. The Bertz CT molecular complexity index is 915. The molecule has 2 heterocycles. The number of fused-ring (bicyclic) bond motifs is 1. The fraction of sp³-hybridized carbons (Fsp3) is 0.333. The average Bonchev–Trinajstić information content (AvgIpc) is 3.37. The molecule has 0 aliphatic heterocycles. The van der Waals surface area contributed by atoms with Crippen molar-refractivity contribution in [3.63, 3.8) is 0 Å². The molecular formula is C18H16F3N3O. The zero-order valence-corrected chi connectivity index (χ0v) is 13.2. The predicted octanol–water partition coefficient (Wildman–Crippen LogP) is 3.89. The van der Waals surface area contributed by atoms with Crippen LogP contribution in [0.2, 0.25) is 0 Å². The number of hydrogen-bond donors (Lipinski definition) is 1. The van der Waals surface area contributed by atoms with Crippen molar-refractivity contribution in [2.45, 2.75) is 31.7 Å². The van der Waals surface area contributed by atoms with Crippen LogP contribution in [0.25, 0.3) is 22.2 Å². The van der Waals surface area contributed by atoms with Gasteiger partial charge in [-0.1, -0.05) is 12.1 Å². The van der Waals surface area contributed by atoms with E-state index in [0.29, 0.717) is 34.6 Å². The van der Waals surface area contributed by atoms with E-state index in [4.69, 9.17) is 0 Å². The molecule has 4 nitrogen and oxygen atoms in total. The second-order valence-corrected chi connectivity index (χ2v) is 6.44. The van der Waals surface area contributed by atoms with Crippen molar-refractivity contribution in [3.8, 4) is 11.1 Å². The molecule has 3 aromatic rings. The normalized spacial score (nSPS) is 16.3. The maximum Gasteiger partial charge on any atom is 0.416 e. The first-order valence-electron chi connectivity index (χ1n) is 8.09. The molecule has 0 bridgehead atoms. The molecule has 25 heavy (non-hydrogen) atoms. The molecule has 0 saturated heterocycles. The average molecular weight is 347 g/mol. The third-order valence-electron chi connectivity index (χ3n) is 4.54. The fourth-order valence-corrected chi connectivity index (χ4v) is 2.94. The van der Waals surface area contributed by atoms with Gasteiger partial charge in [0.1, 0.15) is 5.52 Å². The van der Waals surface area contributed by atoms with Gasteiger partial charge in [-0.3, -0.25) is 9.67 Å². The van der Waals surface area contributed by atoms with Gasteiger partial charge in [0.2, 0.25) is 0 Å². The van der Waals surface area contributed by atoms with Crippen LogP contribution < -0.4 is 0 Å². The highest BCUT2D eigenvalue weighted by Gasteiger charge is 2.31. The van der Waals surface area contributed by atoms with Crippen LogP contribution in [0.1, 0.15) is 18.4 Å². The quantitative estimate of drug-likeness (QED) is 0.779. The minimum atomic E-state index is -4.39. The summed E-state index contributed by atoms with van der Waals surface area (Å²) in [5.41, 5.74) is 1.69. The first kappa shape index (κ1) is 16.1. The number of aliphatic hydroxyl groups excluding tert-OH is 1. The molecule has 0 amide bonds. The van der Waals surface area contributed by atoms with Crippen molar-refractivity contribution in [2.75, 3.05) is 0 Å². The molecule has 4 rings (SSSR count). The van der Waals surface area contributed by atoms with E-state index in [9.17, 15) is 18.3 Å². The number of aliphatic hydroxyl groups is 1. The van der Waals surface area contributed by atoms with Gasteiger partial charge in [0, 0.05) is 11.8 Å². The van der Waals surface area contributed by atoms with Crippen LogP contribution in [0, 0.1) is 5.92 Å². The van der Waals surface area contributed by atoms with Gasteiger partial charge in [-0.15, -0.1) is 0 Å². The number of benzene rings is 1. The molecule has 0 unspecified atom stereocenters. The number of halogens is 3. The smallest absolute Gasteiger partial charge is 0.391 e. The van der Waals surface area contributed by atoms with Crippen LogP contribution >= 0.6 is 0 Å². The molecule has 2 aromatic heterocycles. The van der Waals surface area contributed by atoms with E-state index >= 15 is 0 Å². The van der Waals surface area contributed by atoms with E-state index in [1.54, 1.807) is 29.2 Å². The lowest BCUT2D eigenvalue weighted by Gasteiger charge is -2.11. The Balaban J connectivity index is 1.71. The summed E-state index contributed by atoms with van der Waals surface area (Å²) in [5.74, 6) is 0.318. The SMILES string of the molecule is O[C@@H](Cn1ncc2ncc(-c3cccc(C(F)(F)F)c3)cc21)C1CC1. The topological polar surface area (TPSA) is 50.9 Å². The second-order valence-electron chi connectivity index (χ2n) is 6.44. The molecule has 1 fully saturated rings. The third-order valence-corrected chi connectivity index (χ3v) is 4.54. The Kier molecular flexibility index (Phi) is 3.76. The standard InChI is InChI=1S/C18H16F3N3O/c19-18(20,21)14-3-1-2-12(6-14)13-7-16-15(22-8-13)9-23-24(16)10-17(25)11-4-5-11/h1-3,6-9,11,17,25H,4-5,10H2/t17-/m0/s1. The summed E-state index contributed by atoms with van der Waals surface area (Å²) in [6.07, 6.45) is 0.345. The van der Waals surface area contributed by atoms with Crippen molar-refractivity contribution in [2.24, 2.45) is 5.92 Å². The van der Waals surface area contributed by atoms with Gasteiger partial charge < -0.3 is 5.11 Å². The van der Waals surface area contributed by atoms with Crippen LogP contribution in [0.15, 0.2) is 42.7 Å². The van der Waals surface area contributed by atoms with Crippen LogP contribution in [0.3, 0.4) is 0 Å². The van der Waals surface area contributed by atoms with Gasteiger partial charge >= 0.3 is 6.18 Å². The van der Waals surface area contributed by atoms with Crippen molar-refractivity contribution in [3.05, 3.63) is 48.3 Å². The van der Waals surface area contributed by atoms with Crippen molar-refractivity contribution >= 4 is 11.0 Å². The number of aromatic nitrogens is 3. The monoisotopic (exact) mass is 347 g/mol. The van der Waals surface area contributed by atoms with E-state index in [-0.39, 0.29) is 0 Å². The molecular weight excluding hydrogens is 331 g/mol. The number of nitrogens with zero attached hydrogens (tertiary/aromatic N) is 3. The molecule has 130 valence electrons. The highest BCUT2D eigenvalue weighted by Crippen LogP contribution is 2.34. The summed E-state index contributed by atoms with van der Waals surface area (Å²) in [6.45, 7) is 0.363. The van der Waals surface area contributed by atoms with Crippen LogP contribution in [-0.4, -0.2) is 26.0 Å². The second kappa shape index (κ2) is 5.84. The van der Waals surface area contributed by atoms with Crippen molar-refractivity contribution < 1.29 is 18.3 Å². The lowest BCUT2D eigenvalue weighted by molar-refractivity contribution is -0.137. The van der Waals surface area contributed by atoms with Gasteiger partial charge in [0.25, 0.3) is 0 Å². The van der Waals surface area contributed by atoms with Crippen LogP contribution in [0.4, 0.5) is 13.2 Å². The Hall–Kier alpha value is -2.41. The van der Waals surface area contributed by atoms with E-state index in [1.165, 1.54) is 6.07 Å². The van der Waals surface area contributed by atoms with Gasteiger partial charge in [-0.2, -0.15) is 18.3 Å². The summed E-state index contributed by atoms with van der Waals surface area (Å²) >= 11 is 0. The molecule has 7 heteroatoms. The number of alkyl halides is 3. The Morgan fingerprint density at radius 2 is 1.96 bits per heavy atom. The summed E-state index contributed by atoms with van der Waals surface area (Å²) in [4.78, 5) is 4.29. The van der Waals surface area contributed by atoms with E-state index in [2.05, 4.69) is 10.1 Å². The molecule has 1 aromatic carbocycles. The summed E-state index contributed by atoms with van der Waals surface area (Å²) in [6, 6.07) is 6.94. The van der Waals surface area contributed by atoms with Crippen molar-refractivity contribution in [1.82, 2.24) is 14.8 Å². The van der Waals surface area contributed by atoms with Crippen molar-refractivity contribution in [1.29, 1.82) is 0 Å². The lowest BCUT2D eigenvalue weighted by Crippen LogP contribution is -2.18.